The van der Waals surface area contributed by atoms with Gasteiger partial charge in [0.1, 0.15) is 22.2 Å². The van der Waals surface area contributed by atoms with E-state index >= 15 is 0 Å². The molecule has 0 spiro atoms. The Morgan fingerprint density at radius 2 is 2.00 bits per heavy atom. The van der Waals surface area contributed by atoms with Crippen LogP contribution < -0.4 is 4.74 Å². The number of hydrogen-bond acceptors (Lipinski definition) is 7. The van der Waals surface area contributed by atoms with Gasteiger partial charge >= 0.3 is 5.97 Å². The van der Waals surface area contributed by atoms with Crippen LogP contribution in [-0.4, -0.2) is 34.9 Å². The number of aromatic hydroxyl groups is 1. The van der Waals surface area contributed by atoms with Crippen molar-refractivity contribution in [3.05, 3.63) is 70.1 Å². The standard InChI is InChI=1S/C21H18FNO5S/c1-3-28-21(26)17-19(25)16(10-12-6-4-9-15(27-2)18(12)24)29-20(17)23-14-8-5-7-13(22)11-14/h4-11,24-25H,3H2,1-2H3. The van der Waals surface area contributed by atoms with Crippen LogP contribution in [0.15, 0.2) is 63.7 Å². The number of methoxy groups -OCH3 is 1. The predicted octanol–water partition coefficient (Wildman–Crippen LogP) is 4.73. The first-order valence-corrected chi connectivity index (χ1v) is 9.47. The largest absolute Gasteiger partial charge is 0.506 e. The maximum atomic E-state index is 13.5. The molecule has 1 aliphatic heterocycles. The normalized spacial score (nSPS) is 16.5. The number of carbonyl (C=O) groups excluding carboxylic acids is 1. The van der Waals surface area contributed by atoms with E-state index in [-0.39, 0.29) is 45.1 Å². The minimum absolute atomic E-state index is 0.107. The molecule has 0 fully saturated rings. The zero-order chi connectivity index (χ0) is 21.0. The highest BCUT2D eigenvalue weighted by Crippen LogP contribution is 2.42. The number of nitrogens with zero attached hydrogens (tertiary/aromatic N) is 1. The van der Waals surface area contributed by atoms with Crippen molar-refractivity contribution in [1.82, 2.24) is 0 Å². The van der Waals surface area contributed by atoms with E-state index in [1.165, 1.54) is 31.4 Å². The van der Waals surface area contributed by atoms with Crippen LogP contribution >= 0.6 is 11.8 Å². The molecule has 0 amide bonds. The van der Waals surface area contributed by atoms with Gasteiger partial charge in [0, 0.05) is 5.56 Å². The first kappa shape index (κ1) is 20.5. The Balaban J connectivity index is 2.08. The molecular formula is C21H18FNO5S. The second-order valence-corrected chi connectivity index (χ2v) is 6.88. The van der Waals surface area contributed by atoms with Crippen molar-refractivity contribution < 1.29 is 28.9 Å². The third-order valence-corrected chi connectivity index (χ3v) is 4.97. The zero-order valence-electron chi connectivity index (χ0n) is 15.7. The molecule has 3 rings (SSSR count). The fourth-order valence-corrected chi connectivity index (χ4v) is 3.64. The Bertz CT molecular complexity index is 1050. The molecular weight excluding hydrogens is 397 g/mol. The molecule has 0 unspecified atom stereocenters. The van der Waals surface area contributed by atoms with Crippen molar-refractivity contribution in [3.8, 4) is 11.5 Å². The van der Waals surface area contributed by atoms with E-state index in [0.29, 0.717) is 5.56 Å². The zero-order valence-corrected chi connectivity index (χ0v) is 16.5. The highest BCUT2D eigenvalue weighted by atomic mass is 32.2. The lowest BCUT2D eigenvalue weighted by atomic mass is 10.1. The van der Waals surface area contributed by atoms with Gasteiger partial charge in [-0.15, -0.1) is 0 Å². The molecule has 0 aliphatic carbocycles. The molecule has 0 saturated heterocycles. The van der Waals surface area contributed by atoms with Crippen LogP contribution in [0.25, 0.3) is 6.08 Å². The summed E-state index contributed by atoms with van der Waals surface area (Å²) in [5.41, 5.74) is 0.552. The smallest absolute Gasteiger partial charge is 0.344 e. The van der Waals surface area contributed by atoms with Crippen LogP contribution in [0.1, 0.15) is 12.5 Å². The highest BCUT2D eigenvalue weighted by molar-refractivity contribution is 8.18. The summed E-state index contributed by atoms with van der Waals surface area (Å²) < 4.78 is 23.6. The average molecular weight is 415 g/mol. The number of thioether (sulfide) groups is 1. The lowest BCUT2D eigenvalue weighted by molar-refractivity contribution is -0.138. The second kappa shape index (κ2) is 8.83. The number of phenols is 1. The van der Waals surface area contributed by atoms with Crippen LogP contribution in [0.5, 0.6) is 11.5 Å². The summed E-state index contributed by atoms with van der Waals surface area (Å²) in [4.78, 5) is 17.0. The molecule has 0 bridgehead atoms. The van der Waals surface area contributed by atoms with E-state index in [1.807, 2.05) is 0 Å². The molecule has 29 heavy (non-hydrogen) atoms. The van der Waals surface area contributed by atoms with Crippen molar-refractivity contribution in [1.29, 1.82) is 0 Å². The number of aliphatic hydroxyl groups excluding tert-OH is 1. The van der Waals surface area contributed by atoms with Gasteiger partial charge in [-0.25, -0.2) is 14.2 Å². The van der Waals surface area contributed by atoms with Crippen molar-refractivity contribution in [2.24, 2.45) is 4.99 Å². The van der Waals surface area contributed by atoms with Gasteiger partial charge in [-0.2, -0.15) is 0 Å². The van der Waals surface area contributed by atoms with Crippen LogP contribution in [0, 0.1) is 5.82 Å². The molecule has 0 aromatic heterocycles. The number of carbonyl (C=O) groups is 1. The molecule has 1 heterocycles. The molecule has 2 N–H and O–H groups in total. The Hall–Kier alpha value is -3.26. The first-order chi connectivity index (χ1) is 13.9. The van der Waals surface area contributed by atoms with Gasteiger partial charge in [-0.1, -0.05) is 30.0 Å². The molecule has 2 aromatic rings. The minimum atomic E-state index is -0.745. The van der Waals surface area contributed by atoms with E-state index in [2.05, 4.69) is 4.99 Å². The Kier molecular flexibility index (Phi) is 6.23. The van der Waals surface area contributed by atoms with Gasteiger partial charge < -0.3 is 19.7 Å². The highest BCUT2D eigenvalue weighted by Gasteiger charge is 2.33. The lowest BCUT2D eigenvalue weighted by Gasteiger charge is -2.06. The van der Waals surface area contributed by atoms with Gasteiger partial charge in [0.15, 0.2) is 11.5 Å². The van der Waals surface area contributed by atoms with Crippen LogP contribution in [0.4, 0.5) is 10.1 Å². The Morgan fingerprint density at radius 1 is 1.24 bits per heavy atom. The number of ether oxygens (including phenoxy) is 2. The molecule has 8 heteroatoms. The third kappa shape index (κ3) is 4.43. The predicted molar refractivity (Wildman–Crippen MR) is 110 cm³/mol. The molecule has 0 radical (unpaired) electrons. The summed E-state index contributed by atoms with van der Waals surface area (Å²) in [5, 5.41) is 21.1. The quantitative estimate of drug-likeness (QED) is 0.686. The first-order valence-electron chi connectivity index (χ1n) is 8.65. The number of rotatable bonds is 5. The number of esters is 1. The maximum absolute atomic E-state index is 13.5. The monoisotopic (exact) mass is 415 g/mol. The van der Waals surface area contributed by atoms with E-state index in [0.717, 1.165) is 11.8 Å². The van der Waals surface area contributed by atoms with Gasteiger partial charge in [0.2, 0.25) is 0 Å². The van der Waals surface area contributed by atoms with Gasteiger partial charge in [-0.3, -0.25) is 0 Å². The van der Waals surface area contributed by atoms with Crippen molar-refractivity contribution in [3.63, 3.8) is 0 Å². The molecule has 0 saturated carbocycles. The van der Waals surface area contributed by atoms with Crippen molar-refractivity contribution in [2.45, 2.75) is 6.92 Å². The maximum Gasteiger partial charge on any atom is 0.344 e. The van der Waals surface area contributed by atoms with Gasteiger partial charge in [-0.05, 0) is 37.3 Å². The van der Waals surface area contributed by atoms with Gasteiger partial charge in [0.05, 0.1) is 24.3 Å². The van der Waals surface area contributed by atoms with Crippen LogP contribution in [-0.2, 0) is 9.53 Å². The van der Waals surface area contributed by atoms with Crippen molar-refractivity contribution in [2.75, 3.05) is 13.7 Å². The Labute approximate surface area is 171 Å². The number of halogens is 1. The van der Waals surface area contributed by atoms with E-state index < -0.39 is 11.8 Å². The fraction of sp³-hybridized carbons (Fsp3) is 0.143. The van der Waals surface area contributed by atoms with E-state index in [1.54, 1.807) is 31.2 Å². The van der Waals surface area contributed by atoms with Crippen LogP contribution in [0.3, 0.4) is 0 Å². The molecule has 150 valence electrons. The minimum Gasteiger partial charge on any atom is -0.506 e. The summed E-state index contributed by atoms with van der Waals surface area (Å²) in [6.45, 7) is 1.76. The topological polar surface area (TPSA) is 88.4 Å². The Morgan fingerprint density at radius 3 is 2.69 bits per heavy atom. The number of para-hydroxylation sites is 1. The number of aliphatic imine (C=N–C) groups is 1. The molecule has 2 aromatic carbocycles. The average Bonchev–Trinajstić information content (AvgIpc) is 2.98. The number of hydrogen-bond donors (Lipinski definition) is 2. The molecule has 1 aliphatic rings. The van der Waals surface area contributed by atoms with Gasteiger partial charge in [0.25, 0.3) is 0 Å². The fourth-order valence-electron chi connectivity index (χ4n) is 2.62. The summed E-state index contributed by atoms with van der Waals surface area (Å²) in [7, 11) is 1.43. The summed E-state index contributed by atoms with van der Waals surface area (Å²) >= 11 is 1.01. The van der Waals surface area contributed by atoms with E-state index in [9.17, 15) is 19.4 Å². The summed E-state index contributed by atoms with van der Waals surface area (Å²) in [5.74, 6) is -1.39. The van der Waals surface area contributed by atoms with E-state index in [4.69, 9.17) is 9.47 Å². The summed E-state index contributed by atoms with van der Waals surface area (Å²) in [6, 6.07) is 10.5. The SMILES string of the molecule is CCOC(=O)C1=C(O)C(=Cc2cccc(OC)c2O)SC1=Nc1cccc(F)c1. The van der Waals surface area contributed by atoms with Crippen LogP contribution in [0.2, 0.25) is 0 Å². The molecule has 0 atom stereocenters. The lowest BCUT2D eigenvalue weighted by Crippen LogP contribution is -2.12. The summed E-state index contributed by atoms with van der Waals surface area (Å²) in [6.07, 6.45) is 1.51. The van der Waals surface area contributed by atoms with Crippen molar-refractivity contribution >= 4 is 34.5 Å². The molecule has 6 nitrogen and oxygen atoms in total. The number of aliphatic hydroxyl groups is 1. The number of phenolic OH excluding ortho intramolecular Hbond substituents is 1. The number of benzene rings is 2. The third-order valence-electron chi connectivity index (χ3n) is 3.95. The second-order valence-electron chi connectivity index (χ2n) is 5.85.